The van der Waals surface area contributed by atoms with Crippen LogP contribution in [0.2, 0.25) is 0 Å². The van der Waals surface area contributed by atoms with Crippen molar-refractivity contribution in [2.75, 3.05) is 13.7 Å². The van der Waals surface area contributed by atoms with Crippen molar-refractivity contribution >= 4 is 0 Å². The Morgan fingerprint density at radius 1 is 1.16 bits per heavy atom. The van der Waals surface area contributed by atoms with Crippen molar-refractivity contribution in [1.29, 1.82) is 0 Å². The lowest BCUT2D eigenvalue weighted by Crippen LogP contribution is -1.95. The van der Waals surface area contributed by atoms with Gasteiger partial charge in [0.05, 0.1) is 13.2 Å². The van der Waals surface area contributed by atoms with Gasteiger partial charge in [-0.1, -0.05) is 12.1 Å². The molecule has 0 radical (unpaired) electrons. The number of rotatable bonds is 6. The number of aliphatic hydroxyl groups excluding tert-OH is 1. The van der Waals surface area contributed by atoms with E-state index in [1.165, 1.54) is 5.56 Å². The highest BCUT2D eigenvalue weighted by Crippen LogP contribution is 2.24. The molecule has 0 saturated carbocycles. The number of ether oxygens (including phenoxy) is 2. The average molecular weight is 259 g/mol. The van der Waals surface area contributed by atoms with E-state index in [1.807, 2.05) is 24.3 Å². The van der Waals surface area contributed by atoms with Gasteiger partial charge in [0, 0.05) is 25.1 Å². The van der Waals surface area contributed by atoms with Gasteiger partial charge in [0.15, 0.2) is 0 Å². The molecule has 2 rings (SSSR count). The van der Waals surface area contributed by atoms with Crippen LogP contribution in [0.3, 0.4) is 0 Å². The zero-order chi connectivity index (χ0) is 13.5. The largest absolute Gasteiger partial charge is 0.457 e. The van der Waals surface area contributed by atoms with Crippen molar-refractivity contribution in [2.45, 2.75) is 13.0 Å². The van der Waals surface area contributed by atoms with Crippen LogP contribution in [-0.4, -0.2) is 23.8 Å². The van der Waals surface area contributed by atoms with Crippen LogP contribution in [0, 0.1) is 0 Å². The van der Waals surface area contributed by atoms with Gasteiger partial charge < -0.3 is 14.6 Å². The lowest BCUT2D eigenvalue weighted by Gasteiger charge is -2.09. The van der Waals surface area contributed by atoms with E-state index < -0.39 is 0 Å². The first-order valence-electron chi connectivity index (χ1n) is 6.13. The molecule has 0 aliphatic heterocycles. The summed E-state index contributed by atoms with van der Waals surface area (Å²) in [5.74, 6) is 1.37. The van der Waals surface area contributed by atoms with Crippen LogP contribution in [0.15, 0.2) is 42.7 Å². The van der Waals surface area contributed by atoms with Gasteiger partial charge in [0.1, 0.15) is 11.5 Å². The lowest BCUT2D eigenvalue weighted by atomic mass is 10.1. The molecule has 0 aliphatic rings. The van der Waals surface area contributed by atoms with Crippen molar-refractivity contribution < 1.29 is 14.6 Å². The van der Waals surface area contributed by atoms with Crippen LogP contribution in [0.5, 0.6) is 11.5 Å². The van der Waals surface area contributed by atoms with E-state index in [9.17, 15) is 5.11 Å². The normalized spacial score (nSPS) is 10.4. The second-order valence-corrected chi connectivity index (χ2v) is 4.13. The minimum atomic E-state index is -0.0882. The van der Waals surface area contributed by atoms with Crippen LogP contribution in [-0.2, 0) is 17.8 Å². The monoisotopic (exact) mass is 259 g/mol. The highest BCUT2D eigenvalue weighted by Gasteiger charge is 2.04. The molecule has 1 heterocycles. The summed E-state index contributed by atoms with van der Waals surface area (Å²) in [5.41, 5.74) is 1.87. The van der Waals surface area contributed by atoms with Gasteiger partial charge in [-0.05, 0) is 30.2 Å². The van der Waals surface area contributed by atoms with Crippen LogP contribution < -0.4 is 4.74 Å². The Morgan fingerprint density at radius 2 is 1.95 bits per heavy atom. The number of benzene rings is 1. The van der Waals surface area contributed by atoms with E-state index in [-0.39, 0.29) is 6.61 Å². The summed E-state index contributed by atoms with van der Waals surface area (Å²) in [4.78, 5) is 3.95. The summed E-state index contributed by atoms with van der Waals surface area (Å²) >= 11 is 0. The zero-order valence-corrected chi connectivity index (χ0v) is 10.9. The summed E-state index contributed by atoms with van der Waals surface area (Å²) in [6.07, 6.45) is 4.12. The lowest BCUT2D eigenvalue weighted by molar-refractivity contribution is 0.202. The second-order valence-electron chi connectivity index (χ2n) is 4.13. The van der Waals surface area contributed by atoms with Gasteiger partial charge in [0.2, 0.25) is 0 Å². The number of aliphatic hydroxyl groups is 1. The molecule has 0 unspecified atom stereocenters. The summed E-state index contributed by atoms with van der Waals surface area (Å²) in [7, 11) is 1.69. The van der Waals surface area contributed by atoms with Gasteiger partial charge in [0.25, 0.3) is 0 Å². The molecule has 0 aliphatic carbocycles. The smallest absolute Gasteiger partial charge is 0.136 e. The van der Waals surface area contributed by atoms with Crippen LogP contribution in [0.1, 0.15) is 11.1 Å². The van der Waals surface area contributed by atoms with E-state index in [2.05, 4.69) is 4.98 Å². The first-order valence-corrected chi connectivity index (χ1v) is 6.13. The highest BCUT2D eigenvalue weighted by molar-refractivity contribution is 5.36. The first-order chi connectivity index (χ1) is 9.33. The van der Waals surface area contributed by atoms with Crippen molar-refractivity contribution in [3.8, 4) is 11.5 Å². The van der Waals surface area contributed by atoms with Crippen LogP contribution in [0.25, 0.3) is 0 Å². The molecule has 1 N–H and O–H groups in total. The maximum Gasteiger partial charge on any atom is 0.136 e. The van der Waals surface area contributed by atoms with Crippen LogP contribution in [0.4, 0.5) is 0 Å². The highest BCUT2D eigenvalue weighted by atomic mass is 16.5. The third-order valence-electron chi connectivity index (χ3n) is 2.78. The molecule has 0 bridgehead atoms. The summed E-state index contributed by atoms with van der Waals surface area (Å²) in [6.45, 7) is 0.619. The molecule has 0 amide bonds. The van der Waals surface area contributed by atoms with E-state index in [0.29, 0.717) is 17.9 Å². The van der Waals surface area contributed by atoms with E-state index >= 15 is 0 Å². The van der Waals surface area contributed by atoms with Crippen molar-refractivity contribution in [3.63, 3.8) is 0 Å². The fraction of sp³-hybridized carbons (Fsp3) is 0.267. The minimum absolute atomic E-state index is 0.0882. The zero-order valence-electron chi connectivity index (χ0n) is 10.9. The Labute approximate surface area is 112 Å². The second kappa shape index (κ2) is 6.87. The van der Waals surface area contributed by atoms with E-state index in [1.54, 1.807) is 25.6 Å². The number of nitrogens with zero attached hydrogens (tertiary/aromatic N) is 1. The summed E-state index contributed by atoms with van der Waals surface area (Å²) in [5, 5.41) is 9.20. The summed E-state index contributed by atoms with van der Waals surface area (Å²) in [6, 6.07) is 9.58. The predicted octanol–water partition coefficient (Wildman–Crippen LogP) is 2.56. The third kappa shape index (κ3) is 3.77. The quantitative estimate of drug-likeness (QED) is 0.866. The van der Waals surface area contributed by atoms with Gasteiger partial charge >= 0.3 is 0 Å². The molecule has 1 aromatic heterocycles. The molecule has 0 fully saturated rings. The summed E-state index contributed by atoms with van der Waals surface area (Å²) < 4.78 is 10.8. The minimum Gasteiger partial charge on any atom is -0.457 e. The van der Waals surface area contributed by atoms with Gasteiger partial charge in [-0.15, -0.1) is 0 Å². The fourth-order valence-electron chi connectivity index (χ4n) is 1.70. The Kier molecular flexibility index (Phi) is 4.89. The van der Waals surface area contributed by atoms with Crippen LogP contribution >= 0.6 is 0 Å². The maximum absolute atomic E-state index is 9.20. The number of pyridine rings is 1. The maximum atomic E-state index is 9.20. The molecule has 100 valence electrons. The van der Waals surface area contributed by atoms with Crippen molar-refractivity contribution in [2.24, 2.45) is 0 Å². The predicted molar refractivity (Wildman–Crippen MR) is 72.3 cm³/mol. The molecule has 4 heteroatoms. The SMILES string of the molecule is COCCc1ccc(Oc2ccncc2CO)cc1. The third-order valence-corrected chi connectivity index (χ3v) is 2.78. The number of hydrogen-bond donors (Lipinski definition) is 1. The molecule has 0 atom stereocenters. The Morgan fingerprint density at radius 3 is 2.63 bits per heavy atom. The van der Waals surface area contributed by atoms with Gasteiger partial charge in [-0.25, -0.2) is 0 Å². The molecule has 1 aromatic carbocycles. The Hall–Kier alpha value is -1.91. The molecular formula is C15H17NO3. The topological polar surface area (TPSA) is 51.6 Å². The molecule has 0 saturated heterocycles. The Balaban J connectivity index is 2.06. The Bertz CT molecular complexity index is 511. The molecule has 0 spiro atoms. The number of methoxy groups -OCH3 is 1. The average Bonchev–Trinajstić information content (AvgIpc) is 2.47. The first kappa shape index (κ1) is 13.5. The van der Waals surface area contributed by atoms with Crippen molar-refractivity contribution in [1.82, 2.24) is 4.98 Å². The van der Waals surface area contributed by atoms with Crippen molar-refractivity contribution in [3.05, 3.63) is 53.9 Å². The molecule has 19 heavy (non-hydrogen) atoms. The number of aromatic nitrogens is 1. The number of hydrogen-bond acceptors (Lipinski definition) is 4. The standard InChI is InChI=1S/C15H17NO3/c1-18-9-7-12-2-4-14(5-3-12)19-15-6-8-16-10-13(15)11-17/h2-6,8,10,17H,7,9,11H2,1H3. The van der Waals surface area contributed by atoms with Gasteiger partial charge in [-0.3, -0.25) is 4.98 Å². The molecule has 4 nitrogen and oxygen atoms in total. The molecular weight excluding hydrogens is 242 g/mol. The van der Waals surface area contributed by atoms with E-state index in [4.69, 9.17) is 9.47 Å². The van der Waals surface area contributed by atoms with Gasteiger partial charge in [-0.2, -0.15) is 0 Å². The fourth-order valence-corrected chi connectivity index (χ4v) is 1.70. The molecule has 2 aromatic rings. The van der Waals surface area contributed by atoms with E-state index in [0.717, 1.165) is 12.2 Å².